The van der Waals surface area contributed by atoms with Crippen molar-refractivity contribution < 1.29 is 59.5 Å². The Hall–Kier alpha value is -1.17. The molecule has 3 rings (SSSR count). The lowest BCUT2D eigenvalue weighted by atomic mass is 9.83. The van der Waals surface area contributed by atoms with Crippen molar-refractivity contribution in [3.63, 3.8) is 0 Å². The number of hydrogen-bond donors (Lipinski definition) is 13. The van der Waals surface area contributed by atoms with Gasteiger partial charge in [-0.3, -0.25) is 4.79 Å². The van der Waals surface area contributed by atoms with Crippen molar-refractivity contribution in [1.29, 1.82) is 0 Å². The van der Waals surface area contributed by atoms with Gasteiger partial charge < -0.3 is 88.3 Å². The number of aliphatic hydroxyl groups is 7. The molecule has 18 nitrogen and oxygen atoms in total. The number of amides is 1. The standard InChI is InChI=1S/C23H46N6O12/c1-2-28-5-10-15(33)16(34)13(27)22(38-10)40-19-7(25)3-8(29-21(37)9(31)4-24)20(18(19)36)41-23-17(35)12(26)14(32)11(6-30)39-23/h7-20,22-23,28,30-36H,2-6,24-27H2,1H3,(H,29,37)/t7-,8+,9-,10+,11+,12-,13+,14+,15+,16+,17+,18-,19+,20-,22+,23+/m0/s1. The van der Waals surface area contributed by atoms with E-state index in [4.69, 9.17) is 41.9 Å². The van der Waals surface area contributed by atoms with Gasteiger partial charge in [0.15, 0.2) is 12.6 Å². The van der Waals surface area contributed by atoms with Crippen LogP contribution in [0.5, 0.6) is 0 Å². The van der Waals surface area contributed by atoms with E-state index in [1.807, 2.05) is 6.92 Å². The number of nitrogens with one attached hydrogen (secondary N) is 2. The van der Waals surface area contributed by atoms with Crippen molar-refractivity contribution >= 4 is 5.91 Å². The van der Waals surface area contributed by atoms with Crippen LogP contribution in [0.4, 0.5) is 0 Å². The fourth-order valence-corrected chi connectivity index (χ4v) is 5.19. The molecule has 0 aromatic heterocycles. The highest BCUT2D eigenvalue weighted by Crippen LogP contribution is 2.31. The lowest BCUT2D eigenvalue weighted by Crippen LogP contribution is -2.70. The average molecular weight is 599 g/mol. The van der Waals surface area contributed by atoms with Crippen molar-refractivity contribution in [3.05, 3.63) is 0 Å². The molecule has 2 aliphatic heterocycles. The average Bonchev–Trinajstić information content (AvgIpc) is 2.95. The minimum absolute atomic E-state index is 0.0930. The molecular formula is C23H46N6O12. The summed E-state index contributed by atoms with van der Waals surface area (Å²) < 4.78 is 23.1. The third-order valence-electron chi connectivity index (χ3n) is 7.74. The Bertz CT molecular complexity index is 834. The smallest absolute Gasteiger partial charge is 0.250 e. The van der Waals surface area contributed by atoms with Crippen molar-refractivity contribution in [1.82, 2.24) is 10.6 Å². The number of rotatable bonds is 11. The summed E-state index contributed by atoms with van der Waals surface area (Å²) >= 11 is 0. The zero-order valence-electron chi connectivity index (χ0n) is 22.8. The topological polar surface area (TPSA) is 324 Å². The molecule has 1 amide bonds. The number of carbonyl (C=O) groups excluding carboxylic acids is 1. The Morgan fingerprint density at radius 3 is 2.15 bits per heavy atom. The second-order valence-electron chi connectivity index (χ2n) is 10.7. The summed E-state index contributed by atoms with van der Waals surface area (Å²) in [6.07, 6.45) is -16.8. The fraction of sp³-hybridized carbons (Fsp3) is 0.957. The van der Waals surface area contributed by atoms with E-state index >= 15 is 0 Å². The van der Waals surface area contributed by atoms with E-state index in [1.54, 1.807) is 0 Å². The Labute approximate surface area is 236 Å². The number of hydrogen-bond acceptors (Lipinski definition) is 17. The summed E-state index contributed by atoms with van der Waals surface area (Å²) in [5.74, 6) is -0.878. The summed E-state index contributed by atoms with van der Waals surface area (Å²) in [5, 5.41) is 78.0. The molecule has 17 N–H and O–H groups in total. The Balaban J connectivity index is 1.84. The largest absolute Gasteiger partial charge is 0.394 e. The molecule has 0 radical (unpaired) electrons. The summed E-state index contributed by atoms with van der Waals surface area (Å²) in [6.45, 7) is 1.52. The van der Waals surface area contributed by atoms with Crippen molar-refractivity contribution in [3.8, 4) is 0 Å². The van der Waals surface area contributed by atoms with Crippen LogP contribution < -0.4 is 33.6 Å². The maximum atomic E-state index is 12.5. The fourth-order valence-electron chi connectivity index (χ4n) is 5.19. The van der Waals surface area contributed by atoms with Crippen LogP contribution in [-0.2, 0) is 23.7 Å². The molecule has 1 saturated carbocycles. The van der Waals surface area contributed by atoms with Crippen LogP contribution in [0.2, 0.25) is 0 Å². The van der Waals surface area contributed by atoms with Gasteiger partial charge in [-0.15, -0.1) is 0 Å². The number of aliphatic hydroxyl groups excluding tert-OH is 7. The number of carbonyl (C=O) groups is 1. The molecule has 0 spiro atoms. The molecule has 3 fully saturated rings. The van der Waals surface area contributed by atoms with Crippen LogP contribution in [0.1, 0.15) is 13.3 Å². The molecule has 16 atom stereocenters. The summed E-state index contributed by atoms with van der Waals surface area (Å²) in [5.41, 5.74) is 23.6. The molecule has 0 aromatic carbocycles. The van der Waals surface area contributed by atoms with E-state index in [0.717, 1.165) is 0 Å². The molecule has 2 heterocycles. The second kappa shape index (κ2) is 15.0. The second-order valence-corrected chi connectivity index (χ2v) is 10.7. The molecule has 240 valence electrons. The number of nitrogens with two attached hydrogens (primary N) is 4. The number of likely N-dealkylation sites (N-methyl/N-ethyl adjacent to an activating group) is 1. The molecule has 0 bridgehead atoms. The van der Waals surface area contributed by atoms with Gasteiger partial charge in [-0.05, 0) is 13.0 Å². The van der Waals surface area contributed by atoms with Gasteiger partial charge in [0.05, 0.1) is 24.7 Å². The van der Waals surface area contributed by atoms with Gasteiger partial charge in [-0.1, -0.05) is 6.92 Å². The van der Waals surface area contributed by atoms with Gasteiger partial charge in [-0.2, -0.15) is 0 Å². The highest BCUT2D eigenvalue weighted by atomic mass is 16.7. The van der Waals surface area contributed by atoms with Crippen LogP contribution >= 0.6 is 0 Å². The van der Waals surface area contributed by atoms with Crippen LogP contribution in [0.25, 0.3) is 0 Å². The lowest BCUT2D eigenvalue weighted by molar-refractivity contribution is -0.320. The highest BCUT2D eigenvalue weighted by Gasteiger charge is 2.52. The van der Waals surface area contributed by atoms with E-state index in [-0.39, 0.29) is 19.5 Å². The summed E-state index contributed by atoms with van der Waals surface area (Å²) in [6, 6.07) is -4.58. The van der Waals surface area contributed by atoms with Crippen LogP contribution in [0.15, 0.2) is 0 Å². The van der Waals surface area contributed by atoms with E-state index in [0.29, 0.717) is 6.54 Å². The van der Waals surface area contributed by atoms with Crippen molar-refractivity contribution in [2.24, 2.45) is 22.9 Å². The first-order valence-electron chi connectivity index (χ1n) is 13.6. The quantitative estimate of drug-likeness (QED) is 0.105. The molecule has 41 heavy (non-hydrogen) atoms. The maximum Gasteiger partial charge on any atom is 0.250 e. The molecular weight excluding hydrogens is 552 g/mol. The van der Waals surface area contributed by atoms with Gasteiger partial charge >= 0.3 is 0 Å². The van der Waals surface area contributed by atoms with E-state index in [2.05, 4.69) is 10.6 Å². The van der Waals surface area contributed by atoms with Gasteiger partial charge in [0.1, 0.15) is 61.0 Å². The van der Waals surface area contributed by atoms with Gasteiger partial charge in [0, 0.05) is 19.1 Å². The van der Waals surface area contributed by atoms with Gasteiger partial charge in [0.2, 0.25) is 5.91 Å². The Kier molecular flexibility index (Phi) is 12.6. The van der Waals surface area contributed by atoms with Crippen LogP contribution in [-0.4, -0.2) is 166 Å². The highest BCUT2D eigenvalue weighted by molar-refractivity contribution is 5.81. The van der Waals surface area contributed by atoms with Crippen molar-refractivity contribution in [2.45, 2.75) is 111 Å². The van der Waals surface area contributed by atoms with E-state index in [1.165, 1.54) is 0 Å². The van der Waals surface area contributed by atoms with Crippen molar-refractivity contribution in [2.75, 3.05) is 26.2 Å². The summed E-state index contributed by atoms with van der Waals surface area (Å²) in [7, 11) is 0. The molecule has 3 aliphatic rings. The predicted octanol–water partition coefficient (Wildman–Crippen LogP) is -8.20. The minimum Gasteiger partial charge on any atom is -0.394 e. The zero-order chi connectivity index (χ0) is 30.6. The Morgan fingerprint density at radius 1 is 0.902 bits per heavy atom. The van der Waals surface area contributed by atoms with E-state index < -0.39 is 110 Å². The SMILES string of the molecule is CCNC[C@H]1O[C@H](O[C@H]2[C@H](O)[C@@H](O[C@H]3O[C@H](CO)[C@@H](O)[C@H](N)[C@H]3O)[C@H](NC(=O)[C@@H](O)CN)C[C@@H]2N)[C@H](N)[C@@H](O)[C@@H]1O. The summed E-state index contributed by atoms with van der Waals surface area (Å²) in [4.78, 5) is 12.5. The normalized spacial score (nSPS) is 46.2. The van der Waals surface area contributed by atoms with Crippen LogP contribution in [0.3, 0.4) is 0 Å². The van der Waals surface area contributed by atoms with Gasteiger partial charge in [0.25, 0.3) is 0 Å². The molecule has 0 unspecified atom stereocenters. The minimum atomic E-state index is -1.66. The molecule has 18 heteroatoms. The number of ether oxygens (including phenoxy) is 4. The zero-order valence-corrected chi connectivity index (χ0v) is 22.8. The molecule has 1 aliphatic carbocycles. The first-order chi connectivity index (χ1) is 19.4. The monoisotopic (exact) mass is 598 g/mol. The van der Waals surface area contributed by atoms with Crippen LogP contribution in [0, 0.1) is 0 Å². The first kappa shape index (κ1) is 34.3. The third-order valence-corrected chi connectivity index (χ3v) is 7.74. The third kappa shape index (κ3) is 7.68. The Morgan fingerprint density at radius 2 is 1.54 bits per heavy atom. The first-order valence-corrected chi connectivity index (χ1v) is 13.6. The van der Waals surface area contributed by atoms with Gasteiger partial charge in [-0.25, -0.2) is 0 Å². The van der Waals surface area contributed by atoms with E-state index in [9.17, 15) is 40.5 Å². The predicted molar refractivity (Wildman–Crippen MR) is 138 cm³/mol. The molecule has 2 saturated heterocycles. The maximum absolute atomic E-state index is 12.5. The lowest BCUT2D eigenvalue weighted by Gasteiger charge is -2.49. The molecule has 0 aromatic rings.